The first kappa shape index (κ1) is 42.0. The first-order valence-electron chi connectivity index (χ1n) is 19.9. The molecule has 17 heteroatoms. The molecule has 2 aliphatic heterocycles. The minimum absolute atomic E-state index is 0.0525. The van der Waals surface area contributed by atoms with Gasteiger partial charge in [-0.3, -0.25) is 14.4 Å². The molecule has 0 spiro atoms. The molecular weight excluding hydrogens is 784 g/mol. The van der Waals surface area contributed by atoms with Crippen LogP contribution < -0.4 is 16.0 Å². The van der Waals surface area contributed by atoms with Gasteiger partial charge in [-0.15, -0.1) is 0 Å². The van der Waals surface area contributed by atoms with Crippen molar-refractivity contribution < 1.29 is 46.6 Å². The number of H-pyrrole nitrogens is 1. The predicted molar refractivity (Wildman–Crippen MR) is 216 cm³/mol. The Morgan fingerprint density at radius 2 is 1.40 bits per heavy atom. The molecule has 14 nitrogen and oxygen atoms in total. The molecular formula is C43H48F3N7O7. The normalized spacial score (nSPS) is 20.1. The number of carbonyl (C=O) groups is 5. The molecule has 318 valence electrons. The van der Waals surface area contributed by atoms with Crippen LogP contribution in [0.5, 0.6) is 0 Å². The molecule has 2 saturated heterocycles. The highest BCUT2D eigenvalue weighted by Gasteiger charge is 2.46. The summed E-state index contributed by atoms with van der Waals surface area (Å²) in [5, 5.41) is 7.70. The average molecular weight is 832 g/mol. The van der Waals surface area contributed by atoms with Crippen LogP contribution in [0, 0.1) is 11.8 Å². The Bertz CT molecular complexity index is 2350. The number of alkyl carbamates (subject to hydrolysis) is 2. The largest absolute Gasteiger partial charge is 0.453 e. The number of methoxy groups -OCH3 is 2. The number of rotatable bonds is 10. The SMILES string of the molecule is COC(=O)N[C@H](C(=O)N1C[C@@H](F)C[C@H]1C(=O)Nc1ccc2c(c1)C(F)(F)c1cc(-c3ccc4nc([C@@H]5CCCN5C(=O)[C@@H](NC(=O)OC)C(C)C)[nH]c4c3)ccc1-2)C(C)C. The van der Waals surface area contributed by atoms with E-state index < -0.39 is 60.1 Å². The summed E-state index contributed by atoms with van der Waals surface area (Å²) in [5.74, 6) is -5.09. The number of nitrogens with one attached hydrogen (secondary N) is 4. The zero-order valence-electron chi connectivity index (χ0n) is 34.1. The van der Waals surface area contributed by atoms with Gasteiger partial charge in [-0.1, -0.05) is 52.0 Å². The standard InChI is InChI=1S/C43H48F3N7O7/c1-21(2)35(50-41(57)59-5)39(55)52-15-7-8-33(52)37-48-31-14-10-24(17-32(31)49-37)23-9-12-27-28-13-11-26(19-30(28)43(45,46)29(27)16-23)47-38(54)34-18-25(44)20-53(34)40(56)36(22(3)4)51-42(58)60-6/h9-14,16-17,19,21-22,25,33-36H,7-8,15,18,20H2,1-6H3,(H,47,54)(H,48,49)(H,50,57)(H,51,58)/t25-,33-,34-,35-,36-/m0/s1. The van der Waals surface area contributed by atoms with E-state index in [1.54, 1.807) is 43.0 Å². The van der Waals surface area contributed by atoms with Crippen molar-refractivity contribution in [1.82, 2.24) is 30.4 Å². The second kappa shape index (κ2) is 16.5. The highest BCUT2D eigenvalue weighted by molar-refractivity contribution is 5.99. The third-order valence-electron chi connectivity index (χ3n) is 11.6. The van der Waals surface area contributed by atoms with Gasteiger partial charge in [0, 0.05) is 29.8 Å². The molecule has 0 saturated carbocycles. The molecule has 2 fully saturated rings. The Balaban J connectivity index is 1.09. The first-order valence-corrected chi connectivity index (χ1v) is 19.9. The lowest BCUT2D eigenvalue weighted by Crippen LogP contribution is -2.54. The van der Waals surface area contributed by atoms with Gasteiger partial charge in [-0.25, -0.2) is 19.0 Å². The second-order valence-electron chi connectivity index (χ2n) is 16.2. The average Bonchev–Trinajstić information content (AvgIpc) is 4.02. The van der Waals surface area contributed by atoms with Gasteiger partial charge in [0.25, 0.3) is 5.92 Å². The predicted octanol–water partition coefficient (Wildman–Crippen LogP) is 6.65. The Morgan fingerprint density at radius 1 is 0.817 bits per heavy atom. The Labute approximate surface area is 344 Å². The quantitative estimate of drug-likeness (QED) is 0.137. The third kappa shape index (κ3) is 7.84. The summed E-state index contributed by atoms with van der Waals surface area (Å²) in [5.41, 5.74) is 2.64. The summed E-state index contributed by atoms with van der Waals surface area (Å²) in [4.78, 5) is 75.4. The summed E-state index contributed by atoms with van der Waals surface area (Å²) in [6, 6.07) is 11.0. The lowest BCUT2D eigenvalue weighted by Gasteiger charge is -2.30. The van der Waals surface area contributed by atoms with E-state index in [2.05, 4.69) is 25.7 Å². The van der Waals surface area contributed by atoms with Crippen molar-refractivity contribution in [2.45, 2.75) is 83.2 Å². The summed E-state index contributed by atoms with van der Waals surface area (Å²) in [6.45, 7) is 7.18. The van der Waals surface area contributed by atoms with Crippen LogP contribution in [0.15, 0.2) is 54.6 Å². The highest BCUT2D eigenvalue weighted by Crippen LogP contribution is 2.52. The fourth-order valence-corrected chi connectivity index (χ4v) is 8.42. The minimum atomic E-state index is -3.44. The van der Waals surface area contributed by atoms with Crippen LogP contribution in [-0.2, 0) is 29.8 Å². The van der Waals surface area contributed by atoms with Crippen molar-refractivity contribution in [3.8, 4) is 22.3 Å². The summed E-state index contributed by atoms with van der Waals surface area (Å²) in [7, 11) is 2.39. The number of fused-ring (bicyclic) bond motifs is 4. The van der Waals surface area contributed by atoms with Gasteiger partial charge in [0.05, 0.1) is 37.8 Å². The number of likely N-dealkylation sites (tertiary alicyclic amines) is 2. The zero-order valence-corrected chi connectivity index (χ0v) is 34.1. The highest BCUT2D eigenvalue weighted by atomic mass is 19.3. The molecule has 1 aliphatic carbocycles. The Hall–Kier alpha value is -6.13. The fourth-order valence-electron chi connectivity index (χ4n) is 8.42. The molecule has 0 unspecified atom stereocenters. The van der Waals surface area contributed by atoms with E-state index in [9.17, 15) is 28.4 Å². The smallest absolute Gasteiger partial charge is 0.407 e. The molecule has 1 aromatic heterocycles. The van der Waals surface area contributed by atoms with Crippen LogP contribution in [0.25, 0.3) is 33.3 Å². The number of anilines is 1. The van der Waals surface area contributed by atoms with Gasteiger partial charge < -0.3 is 40.2 Å². The number of carbonyl (C=O) groups excluding carboxylic acids is 5. The number of hydrogen-bond acceptors (Lipinski definition) is 8. The van der Waals surface area contributed by atoms with E-state index in [0.29, 0.717) is 52.1 Å². The summed E-state index contributed by atoms with van der Waals surface area (Å²) < 4.78 is 56.8. The Kier molecular flexibility index (Phi) is 11.5. The van der Waals surface area contributed by atoms with Gasteiger partial charge in [-0.2, -0.15) is 8.78 Å². The lowest BCUT2D eigenvalue weighted by molar-refractivity contribution is -0.139. The number of halogens is 3. The van der Waals surface area contributed by atoms with E-state index in [-0.39, 0.29) is 47.6 Å². The monoisotopic (exact) mass is 831 g/mol. The van der Waals surface area contributed by atoms with Gasteiger partial charge in [0.2, 0.25) is 17.7 Å². The number of alkyl halides is 3. The van der Waals surface area contributed by atoms with Gasteiger partial charge in [-0.05, 0) is 77.3 Å². The number of hydrogen-bond donors (Lipinski definition) is 4. The first-order chi connectivity index (χ1) is 28.5. The molecule has 0 bridgehead atoms. The van der Waals surface area contributed by atoms with E-state index in [4.69, 9.17) is 9.72 Å². The van der Waals surface area contributed by atoms with Crippen LogP contribution in [0.3, 0.4) is 0 Å². The summed E-state index contributed by atoms with van der Waals surface area (Å²) >= 11 is 0. The number of nitrogens with zero attached hydrogens (tertiary/aromatic N) is 3. The molecule has 3 aromatic carbocycles. The van der Waals surface area contributed by atoms with Crippen molar-refractivity contribution in [2.24, 2.45) is 11.8 Å². The van der Waals surface area contributed by atoms with Crippen LogP contribution in [-0.4, -0.2) is 101 Å². The molecule has 0 radical (unpaired) electrons. The number of imidazole rings is 1. The van der Waals surface area contributed by atoms with E-state index in [1.807, 2.05) is 19.9 Å². The number of amides is 5. The Morgan fingerprint density at radius 3 is 2.03 bits per heavy atom. The number of benzene rings is 3. The van der Waals surface area contributed by atoms with Crippen LogP contribution in [0.1, 0.15) is 70.0 Å². The van der Waals surface area contributed by atoms with Gasteiger partial charge in [0.15, 0.2) is 0 Å². The second-order valence-corrected chi connectivity index (χ2v) is 16.2. The lowest BCUT2D eigenvalue weighted by atomic mass is 9.98. The maximum Gasteiger partial charge on any atom is 0.407 e. The topological polar surface area (TPSA) is 175 Å². The van der Waals surface area contributed by atoms with Gasteiger partial charge in [0.1, 0.15) is 30.1 Å². The number of ether oxygens (including phenoxy) is 2. The van der Waals surface area contributed by atoms with Crippen LogP contribution >= 0.6 is 0 Å². The number of aromatic amines is 1. The molecule has 4 N–H and O–H groups in total. The maximum absolute atomic E-state index is 16.4. The molecule has 7 rings (SSSR count). The minimum Gasteiger partial charge on any atom is -0.453 e. The summed E-state index contributed by atoms with van der Waals surface area (Å²) in [6.07, 6.45) is -1.93. The van der Waals surface area contributed by atoms with Crippen molar-refractivity contribution in [3.63, 3.8) is 0 Å². The molecule has 60 heavy (non-hydrogen) atoms. The maximum atomic E-state index is 16.4. The molecule has 5 amide bonds. The fraction of sp³-hybridized carbons (Fsp3) is 0.442. The van der Waals surface area contributed by atoms with E-state index in [1.165, 1.54) is 31.4 Å². The molecule has 3 aliphatic rings. The third-order valence-corrected chi connectivity index (χ3v) is 11.6. The zero-order chi connectivity index (χ0) is 43.2. The van der Waals surface area contributed by atoms with Gasteiger partial charge >= 0.3 is 12.2 Å². The van der Waals surface area contributed by atoms with Crippen LogP contribution in [0.2, 0.25) is 0 Å². The van der Waals surface area contributed by atoms with E-state index >= 15 is 8.78 Å². The van der Waals surface area contributed by atoms with Crippen LogP contribution in [0.4, 0.5) is 28.4 Å². The van der Waals surface area contributed by atoms with Crippen molar-refractivity contribution in [3.05, 3.63) is 71.5 Å². The van der Waals surface area contributed by atoms with E-state index in [0.717, 1.165) is 18.4 Å². The van der Waals surface area contributed by atoms with Crippen molar-refractivity contribution >= 4 is 46.6 Å². The molecule has 3 heterocycles. The van der Waals surface area contributed by atoms with Crippen molar-refractivity contribution in [1.29, 1.82) is 0 Å². The molecule has 5 atom stereocenters. The number of aromatic nitrogens is 2. The molecule has 4 aromatic rings. The van der Waals surface area contributed by atoms with Crippen molar-refractivity contribution in [2.75, 3.05) is 32.6 Å².